The first-order valence-electron chi connectivity index (χ1n) is 5.88. The van der Waals surface area contributed by atoms with Crippen molar-refractivity contribution in [3.05, 3.63) is 36.0 Å². The zero-order valence-corrected chi connectivity index (χ0v) is 10.2. The summed E-state index contributed by atoms with van der Waals surface area (Å²) in [5.41, 5.74) is 1.91. The normalized spacial score (nSPS) is 12.6. The van der Waals surface area contributed by atoms with Crippen LogP contribution in [0.4, 0.5) is 0 Å². The molecule has 90 valence electrons. The molecule has 0 saturated carbocycles. The lowest BCUT2D eigenvalue weighted by Crippen LogP contribution is -2.16. The Bertz CT molecular complexity index is 511. The van der Waals surface area contributed by atoms with Gasteiger partial charge < -0.3 is 9.84 Å². The Labute approximate surface area is 101 Å². The summed E-state index contributed by atoms with van der Waals surface area (Å²) < 4.78 is 5.62. The van der Waals surface area contributed by atoms with Crippen LogP contribution in [0, 0.1) is 6.92 Å². The molecule has 2 aromatic rings. The van der Waals surface area contributed by atoms with Crippen molar-refractivity contribution in [3.63, 3.8) is 0 Å². The molecule has 1 atom stereocenters. The van der Waals surface area contributed by atoms with Crippen molar-refractivity contribution in [2.75, 3.05) is 6.61 Å². The highest BCUT2D eigenvalue weighted by Crippen LogP contribution is 2.24. The number of aromatic nitrogens is 1. The lowest BCUT2D eigenvalue weighted by Gasteiger charge is -2.12. The quantitative estimate of drug-likeness (QED) is 0.879. The molecule has 17 heavy (non-hydrogen) atoms. The van der Waals surface area contributed by atoms with Crippen LogP contribution in [-0.4, -0.2) is 22.8 Å². The molecule has 0 aliphatic heterocycles. The monoisotopic (exact) mass is 231 g/mol. The van der Waals surface area contributed by atoms with E-state index in [0.717, 1.165) is 22.3 Å². The molecule has 3 heteroatoms. The molecule has 1 aromatic carbocycles. The SMILES string of the molecule is CC[C@H](O)COc1cccc2nc(C)ccc12. The first-order chi connectivity index (χ1) is 8.20. The molecule has 0 unspecified atom stereocenters. The van der Waals surface area contributed by atoms with Gasteiger partial charge in [-0.15, -0.1) is 0 Å². The highest BCUT2D eigenvalue weighted by molar-refractivity contribution is 5.85. The zero-order valence-electron chi connectivity index (χ0n) is 10.2. The summed E-state index contributed by atoms with van der Waals surface area (Å²) in [6.07, 6.45) is 0.283. The van der Waals surface area contributed by atoms with Gasteiger partial charge in [0.25, 0.3) is 0 Å². The molecule has 0 bridgehead atoms. The highest BCUT2D eigenvalue weighted by atomic mass is 16.5. The summed E-state index contributed by atoms with van der Waals surface area (Å²) in [4.78, 5) is 4.44. The molecule has 0 radical (unpaired) electrons. The fourth-order valence-electron chi connectivity index (χ4n) is 1.66. The van der Waals surface area contributed by atoms with Crippen LogP contribution >= 0.6 is 0 Å². The van der Waals surface area contributed by atoms with Crippen LogP contribution in [0.3, 0.4) is 0 Å². The molecule has 1 aromatic heterocycles. The number of hydrogen-bond donors (Lipinski definition) is 1. The molecule has 0 amide bonds. The minimum Gasteiger partial charge on any atom is -0.490 e. The number of nitrogens with zero attached hydrogens (tertiary/aromatic N) is 1. The van der Waals surface area contributed by atoms with Gasteiger partial charge in [0.2, 0.25) is 0 Å². The number of aryl methyl sites for hydroxylation is 1. The van der Waals surface area contributed by atoms with Gasteiger partial charge in [0.15, 0.2) is 0 Å². The van der Waals surface area contributed by atoms with E-state index in [2.05, 4.69) is 4.98 Å². The Kier molecular flexibility index (Phi) is 3.59. The zero-order chi connectivity index (χ0) is 12.3. The fourth-order valence-corrected chi connectivity index (χ4v) is 1.66. The Morgan fingerprint density at radius 1 is 1.29 bits per heavy atom. The maximum atomic E-state index is 9.49. The lowest BCUT2D eigenvalue weighted by atomic mass is 10.2. The van der Waals surface area contributed by atoms with Gasteiger partial charge in [0, 0.05) is 11.1 Å². The number of benzene rings is 1. The third-order valence-corrected chi connectivity index (χ3v) is 2.73. The average molecular weight is 231 g/mol. The minimum absolute atomic E-state index is 0.323. The van der Waals surface area contributed by atoms with Gasteiger partial charge in [-0.1, -0.05) is 13.0 Å². The standard InChI is InChI=1S/C14H17NO2/c1-3-11(16)9-17-14-6-4-5-13-12(14)8-7-10(2)15-13/h4-8,11,16H,3,9H2,1-2H3/t11-/m0/s1. The molecule has 0 spiro atoms. The highest BCUT2D eigenvalue weighted by Gasteiger charge is 2.06. The van der Waals surface area contributed by atoms with Gasteiger partial charge >= 0.3 is 0 Å². The summed E-state index contributed by atoms with van der Waals surface area (Å²) in [7, 11) is 0. The number of hydrogen-bond acceptors (Lipinski definition) is 3. The first-order valence-corrected chi connectivity index (χ1v) is 5.88. The second kappa shape index (κ2) is 5.15. The van der Waals surface area contributed by atoms with E-state index in [1.54, 1.807) is 0 Å². The van der Waals surface area contributed by atoms with Crippen molar-refractivity contribution < 1.29 is 9.84 Å². The van der Waals surface area contributed by atoms with Gasteiger partial charge in [-0.3, -0.25) is 4.98 Å². The van der Waals surface area contributed by atoms with Crippen molar-refractivity contribution in [2.24, 2.45) is 0 Å². The van der Waals surface area contributed by atoms with Crippen LogP contribution in [-0.2, 0) is 0 Å². The van der Waals surface area contributed by atoms with Gasteiger partial charge in [-0.05, 0) is 37.6 Å². The van der Waals surface area contributed by atoms with E-state index < -0.39 is 6.10 Å². The van der Waals surface area contributed by atoms with E-state index >= 15 is 0 Å². The second-order valence-corrected chi connectivity index (χ2v) is 4.15. The van der Waals surface area contributed by atoms with E-state index in [9.17, 15) is 5.11 Å². The van der Waals surface area contributed by atoms with Gasteiger partial charge in [0.1, 0.15) is 12.4 Å². The van der Waals surface area contributed by atoms with Crippen LogP contribution in [0.2, 0.25) is 0 Å². The van der Waals surface area contributed by atoms with Crippen molar-refractivity contribution in [1.29, 1.82) is 0 Å². The van der Waals surface area contributed by atoms with Crippen LogP contribution in [0.25, 0.3) is 10.9 Å². The number of aliphatic hydroxyl groups is 1. The number of rotatable bonds is 4. The molecular formula is C14H17NO2. The maximum absolute atomic E-state index is 9.49. The first kappa shape index (κ1) is 11.9. The number of pyridine rings is 1. The molecule has 2 rings (SSSR count). The lowest BCUT2D eigenvalue weighted by molar-refractivity contribution is 0.105. The predicted molar refractivity (Wildman–Crippen MR) is 68.3 cm³/mol. The molecule has 0 saturated heterocycles. The van der Waals surface area contributed by atoms with Gasteiger partial charge in [0.05, 0.1) is 11.6 Å². The Morgan fingerprint density at radius 2 is 2.12 bits per heavy atom. The molecule has 3 nitrogen and oxygen atoms in total. The summed E-state index contributed by atoms with van der Waals surface area (Å²) in [6.45, 7) is 4.22. The molecule has 1 heterocycles. The topological polar surface area (TPSA) is 42.4 Å². The van der Waals surface area contributed by atoms with Crippen LogP contribution < -0.4 is 4.74 Å². The summed E-state index contributed by atoms with van der Waals surface area (Å²) in [5.74, 6) is 0.780. The van der Waals surface area contributed by atoms with Crippen molar-refractivity contribution >= 4 is 10.9 Å². The van der Waals surface area contributed by atoms with Crippen LogP contribution in [0.15, 0.2) is 30.3 Å². The molecule has 0 aliphatic carbocycles. The van der Waals surface area contributed by atoms with E-state index in [4.69, 9.17) is 4.74 Å². The number of fused-ring (bicyclic) bond motifs is 1. The third kappa shape index (κ3) is 2.74. The third-order valence-electron chi connectivity index (χ3n) is 2.73. The average Bonchev–Trinajstić information content (AvgIpc) is 2.35. The Balaban J connectivity index is 2.28. The van der Waals surface area contributed by atoms with Crippen molar-refractivity contribution in [3.8, 4) is 5.75 Å². The smallest absolute Gasteiger partial charge is 0.128 e. The summed E-state index contributed by atoms with van der Waals surface area (Å²) >= 11 is 0. The van der Waals surface area contributed by atoms with Gasteiger partial charge in [-0.25, -0.2) is 0 Å². The molecular weight excluding hydrogens is 214 g/mol. The van der Waals surface area contributed by atoms with Crippen LogP contribution in [0.1, 0.15) is 19.0 Å². The molecule has 0 fully saturated rings. The number of aliphatic hydroxyl groups excluding tert-OH is 1. The molecule has 1 N–H and O–H groups in total. The van der Waals surface area contributed by atoms with E-state index in [1.807, 2.05) is 44.2 Å². The van der Waals surface area contributed by atoms with Crippen LogP contribution in [0.5, 0.6) is 5.75 Å². The summed E-state index contributed by atoms with van der Waals surface area (Å²) in [5, 5.41) is 10.5. The van der Waals surface area contributed by atoms with E-state index in [1.165, 1.54) is 0 Å². The molecule has 0 aliphatic rings. The Hall–Kier alpha value is -1.61. The van der Waals surface area contributed by atoms with Crippen molar-refractivity contribution in [1.82, 2.24) is 4.98 Å². The largest absolute Gasteiger partial charge is 0.490 e. The second-order valence-electron chi connectivity index (χ2n) is 4.15. The predicted octanol–water partition coefficient (Wildman–Crippen LogP) is 2.69. The van der Waals surface area contributed by atoms with Crippen molar-refractivity contribution in [2.45, 2.75) is 26.4 Å². The van der Waals surface area contributed by atoms with Gasteiger partial charge in [-0.2, -0.15) is 0 Å². The van der Waals surface area contributed by atoms with E-state index in [0.29, 0.717) is 13.0 Å². The maximum Gasteiger partial charge on any atom is 0.128 e. The summed E-state index contributed by atoms with van der Waals surface area (Å²) in [6, 6.07) is 9.76. The van der Waals surface area contributed by atoms with E-state index in [-0.39, 0.29) is 0 Å². The number of ether oxygens (including phenoxy) is 1. The fraction of sp³-hybridized carbons (Fsp3) is 0.357. The Morgan fingerprint density at radius 3 is 2.88 bits per heavy atom. The minimum atomic E-state index is -0.413.